The lowest BCUT2D eigenvalue weighted by atomic mass is 10.3. The van der Waals surface area contributed by atoms with Gasteiger partial charge in [0.25, 0.3) is 0 Å². The van der Waals surface area contributed by atoms with Gasteiger partial charge >= 0.3 is 0 Å². The van der Waals surface area contributed by atoms with Crippen molar-refractivity contribution in [2.45, 2.75) is 13.5 Å². The smallest absolute Gasteiger partial charge is 0.241 e. The molecule has 0 unspecified atom stereocenters. The van der Waals surface area contributed by atoms with Crippen LogP contribution in [0.25, 0.3) is 0 Å². The number of pyridine rings is 1. The van der Waals surface area contributed by atoms with E-state index in [-0.39, 0.29) is 18.9 Å². The second-order valence-electron chi connectivity index (χ2n) is 4.66. The van der Waals surface area contributed by atoms with Gasteiger partial charge in [-0.3, -0.25) is 9.78 Å². The summed E-state index contributed by atoms with van der Waals surface area (Å²) in [4.78, 5) is 16.0. The lowest BCUT2D eigenvalue weighted by Crippen LogP contribution is -2.40. The van der Waals surface area contributed by atoms with Crippen LogP contribution in [0.2, 0.25) is 0 Å². The van der Waals surface area contributed by atoms with Crippen LogP contribution in [0, 0.1) is 6.92 Å². The quantitative estimate of drug-likeness (QED) is 0.827. The number of anilines is 1. The third-order valence-electron chi connectivity index (χ3n) is 2.75. The predicted octanol–water partition coefficient (Wildman–Crippen LogP) is 0.460. The fourth-order valence-electron chi connectivity index (χ4n) is 1.72. The van der Waals surface area contributed by atoms with Gasteiger partial charge in [-0.05, 0) is 19.1 Å². The summed E-state index contributed by atoms with van der Waals surface area (Å²) in [5.41, 5.74) is 0.680. The van der Waals surface area contributed by atoms with Crippen molar-refractivity contribution in [1.82, 2.24) is 15.5 Å². The Hall–Kier alpha value is -2.42. The van der Waals surface area contributed by atoms with Gasteiger partial charge in [0.2, 0.25) is 15.9 Å². The second-order valence-corrected chi connectivity index (χ2v) is 6.57. The van der Waals surface area contributed by atoms with E-state index >= 15 is 0 Å². The summed E-state index contributed by atoms with van der Waals surface area (Å²) < 4.78 is 29.3. The van der Waals surface area contributed by atoms with Crippen molar-refractivity contribution in [2.24, 2.45) is 0 Å². The maximum atomic E-state index is 12.0. The standard InChI is InChI=1S/C13H16N4O4S/c1-10-7-12(16-21-10)17(22(2,19)20)9-13(18)15-8-11-5-3-4-6-14-11/h3-7H,8-9H2,1-2H3,(H,15,18). The highest BCUT2D eigenvalue weighted by atomic mass is 32.2. The molecule has 118 valence electrons. The molecule has 0 saturated heterocycles. The van der Waals surface area contributed by atoms with Crippen molar-refractivity contribution >= 4 is 21.7 Å². The fourth-order valence-corrected chi connectivity index (χ4v) is 2.49. The van der Waals surface area contributed by atoms with Crippen LogP contribution in [0.4, 0.5) is 5.82 Å². The number of nitrogens with one attached hydrogen (secondary N) is 1. The van der Waals surface area contributed by atoms with Crippen LogP contribution in [-0.2, 0) is 21.4 Å². The maximum absolute atomic E-state index is 12.0. The topological polar surface area (TPSA) is 105 Å². The van der Waals surface area contributed by atoms with Gasteiger partial charge in [-0.15, -0.1) is 0 Å². The van der Waals surface area contributed by atoms with E-state index in [1.807, 2.05) is 0 Å². The number of hydrogen-bond donors (Lipinski definition) is 1. The molecule has 0 aromatic carbocycles. The zero-order chi connectivity index (χ0) is 16.2. The Morgan fingerprint density at radius 3 is 2.73 bits per heavy atom. The molecular weight excluding hydrogens is 308 g/mol. The minimum Gasteiger partial charge on any atom is -0.360 e. The Balaban J connectivity index is 2.03. The highest BCUT2D eigenvalue weighted by Gasteiger charge is 2.23. The van der Waals surface area contributed by atoms with Gasteiger partial charge in [0.05, 0.1) is 18.5 Å². The van der Waals surface area contributed by atoms with E-state index in [1.54, 1.807) is 31.3 Å². The van der Waals surface area contributed by atoms with Gasteiger partial charge in [-0.2, -0.15) is 0 Å². The fraction of sp³-hybridized carbons (Fsp3) is 0.308. The van der Waals surface area contributed by atoms with Crippen LogP contribution in [-0.4, -0.2) is 37.3 Å². The maximum Gasteiger partial charge on any atom is 0.241 e. The highest BCUT2D eigenvalue weighted by Crippen LogP contribution is 2.16. The molecule has 2 aromatic rings. The number of nitrogens with zero attached hydrogens (tertiary/aromatic N) is 3. The summed E-state index contributed by atoms with van der Waals surface area (Å²) in [6.45, 7) is 1.48. The SMILES string of the molecule is Cc1cc(N(CC(=O)NCc2ccccn2)S(C)(=O)=O)no1. The van der Waals surface area contributed by atoms with E-state index in [4.69, 9.17) is 4.52 Å². The van der Waals surface area contributed by atoms with Crippen LogP contribution >= 0.6 is 0 Å². The number of sulfonamides is 1. The minimum absolute atomic E-state index is 0.0768. The largest absolute Gasteiger partial charge is 0.360 e. The van der Waals surface area contributed by atoms with Gasteiger partial charge in [-0.25, -0.2) is 12.7 Å². The number of aryl methyl sites for hydroxylation is 1. The average molecular weight is 324 g/mol. The van der Waals surface area contributed by atoms with Gasteiger partial charge in [0, 0.05) is 12.3 Å². The van der Waals surface area contributed by atoms with E-state index < -0.39 is 15.9 Å². The third kappa shape index (κ3) is 4.29. The molecule has 8 nitrogen and oxygen atoms in total. The molecular formula is C13H16N4O4S. The van der Waals surface area contributed by atoms with Crippen molar-refractivity contribution in [2.75, 3.05) is 17.1 Å². The first-order valence-corrected chi connectivity index (χ1v) is 8.29. The summed E-state index contributed by atoms with van der Waals surface area (Å²) in [5.74, 6) is 0.0715. The third-order valence-corrected chi connectivity index (χ3v) is 3.87. The molecule has 0 spiro atoms. The van der Waals surface area contributed by atoms with Crippen molar-refractivity contribution in [3.63, 3.8) is 0 Å². The lowest BCUT2D eigenvalue weighted by molar-refractivity contribution is -0.119. The number of rotatable bonds is 6. The van der Waals surface area contributed by atoms with E-state index in [0.717, 1.165) is 10.6 Å². The van der Waals surface area contributed by atoms with E-state index in [0.29, 0.717) is 11.5 Å². The van der Waals surface area contributed by atoms with Crippen LogP contribution in [0.1, 0.15) is 11.5 Å². The Morgan fingerprint density at radius 1 is 1.41 bits per heavy atom. The lowest BCUT2D eigenvalue weighted by Gasteiger charge is -2.18. The van der Waals surface area contributed by atoms with Crippen molar-refractivity contribution < 1.29 is 17.7 Å². The summed E-state index contributed by atoms with van der Waals surface area (Å²) in [5, 5.41) is 6.25. The van der Waals surface area contributed by atoms with Crippen LogP contribution < -0.4 is 9.62 Å². The van der Waals surface area contributed by atoms with E-state index in [9.17, 15) is 13.2 Å². The van der Waals surface area contributed by atoms with Crippen LogP contribution in [0.5, 0.6) is 0 Å². The van der Waals surface area contributed by atoms with Crippen molar-refractivity contribution in [1.29, 1.82) is 0 Å². The minimum atomic E-state index is -3.65. The van der Waals surface area contributed by atoms with E-state index in [2.05, 4.69) is 15.5 Å². The number of aromatic nitrogens is 2. The second kappa shape index (κ2) is 6.56. The Kier molecular flexibility index (Phi) is 4.76. The molecule has 2 rings (SSSR count). The number of hydrogen-bond acceptors (Lipinski definition) is 6. The molecule has 0 radical (unpaired) electrons. The molecule has 2 aromatic heterocycles. The molecule has 0 aliphatic heterocycles. The monoisotopic (exact) mass is 324 g/mol. The summed E-state index contributed by atoms with van der Waals surface area (Å²) >= 11 is 0. The molecule has 22 heavy (non-hydrogen) atoms. The van der Waals surface area contributed by atoms with Gasteiger partial charge in [-0.1, -0.05) is 11.2 Å². The summed E-state index contributed by atoms with van der Waals surface area (Å²) in [6.07, 6.45) is 2.62. The van der Waals surface area contributed by atoms with Crippen molar-refractivity contribution in [3.05, 3.63) is 41.9 Å². The van der Waals surface area contributed by atoms with Gasteiger partial charge < -0.3 is 9.84 Å². The van der Waals surface area contributed by atoms with E-state index in [1.165, 1.54) is 6.07 Å². The number of carbonyl (C=O) groups excluding carboxylic acids is 1. The molecule has 0 saturated carbocycles. The first kappa shape index (κ1) is 16.0. The molecule has 1 N–H and O–H groups in total. The summed E-state index contributed by atoms with van der Waals surface area (Å²) in [7, 11) is -3.65. The van der Waals surface area contributed by atoms with Crippen LogP contribution in [0.3, 0.4) is 0 Å². The Morgan fingerprint density at radius 2 is 2.18 bits per heavy atom. The zero-order valence-electron chi connectivity index (χ0n) is 12.2. The van der Waals surface area contributed by atoms with Gasteiger partial charge in [0.1, 0.15) is 12.3 Å². The first-order valence-electron chi connectivity index (χ1n) is 6.44. The average Bonchev–Trinajstić information content (AvgIpc) is 2.88. The molecule has 0 aliphatic rings. The highest BCUT2D eigenvalue weighted by molar-refractivity contribution is 7.92. The molecule has 0 aliphatic carbocycles. The Labute approximate surface area is 128 Å². The molecule has 0 bridgehead atoms. The molecule has 9 heteroatoms. The normalized spacial score (nSPS) is 11.2. The summed E-state index contributed by atoms with van der Waals surface area (Å²) in [6, 6.07) is 6.78. The van der Waals surface area contributed by atoms with Crippen molar-refractivity contribution in [3.8, 4) is 0 Å². The molecule has 0 fully saturated rings. The van der Waals surface area contributed by atoms with Gasteiger partial charge in [0.15, 0.2) is 5.82 Å². The number of carbonyl (C=O) groups is 1. The number of amides is 1. The predicted molar refractivity (Wildman–Crippen MR) is 79.5 cm³/mol. The Bertz CT molecular complexity index is 742. The molecule has 0 atom stereocenters. The van der Waals surface area contributed by atoms with Crippen LogP contribution in [0.15, 0.2) is 35.0 Å². The molecule has 1 amide bonds. The molecule has 2 heterocycles. The first-order chi connectivity index (χ1) is 10.4. The zero-order valence-corrected chi connectivity index (χ0v) is 13.0.